The zero-order chi connectivity index (χ0) is 13.0. The molecule has 1 aromatic heterocycles. The molecule has 0 aliphatic carbocycles. The first-order valence-electron chi connectivity index (χ1n) is 6.71. The molecule has 2 heterocycles. The highest BCUT2D eigenvalue weighted by Gasteiger charge is 2.25. The van der Waals surface area contributed by atoms with Crippen LogP contribution < -0.4 is 10.2 Å². The number of aryl methyl sites for hydroxylation is 1. The maximum atomic E-state index is 9.11. The Balaban J connectivity index is 2.20. The Morgan fingerprint density at radius 3 is 3.06 bits per heavy atom. The highest BCUT2D eigenvalue weighted by Crippen LogP contribution is 2.27. The number of hydrogen-bond donors (Lipinski definition) is 2. The zero-order valence-electron chi connectivity index (χ0n) is 11.2. The van der Waals surface area contributed by atoms with E-state index in [4.69, 9.17) is 5.11 Å². The molecule has 1 aliphatic heterocycles. The van der Waals surface area contributed by atoms with Gasteiger partial charge in [-0.2, -0.15) is 0 Å². The quantitative estimate of drug-likeness (QED) is 0.830. The van der Waals surface area contributed by atoms with E-state index in [0.29, 0.717) is 6.04 Å². The Bertz CT molecular complexity index is 397. The molecule has 0 saturated carbocycles. The van der Waals surface area contributed by atoms with Gasteiger partial charge in [0.1, 0.15) is 17.5 Å². The summed E-state index contributed by atoms with van der Waals surface area (Å²) in [6.07, 6.45) is 3.13. The van der Waals surface area contributed by atoms with Crippen LogP contribution in [0.5, 0.6) is 0 Å². The molecule has 1 aromatic rings. The van der Waals surface area contributed by atoms with Gasteiger partial charge >= 0.3 is 0 Å². The predicted molar refractivity (Wildman–Crippen MR) is 73.0 cm³/mol. The van der Waals surface area contributed by atoms with Gasteiger partial charge in [-0.25, -0.2) is 9.97 Å². The third kappa shape index (κ3) is 2.90. The molecule has 1 atom stereocenters. The largest absolute Gasteiger partial charge is 0.396 e. The minimum Gasteiger partial charge on any atom is -0.396 e. The van der Waals surface area contributed by atoms with E-state index in [1.807, 2.05) is 13.0 Å². The number of aliphatic hydroxyl groups excluding tert-OH is 1. The fourth-order valence-electron chi connectivity index (χ4n) is 2.56. The molecule has 0 aromatic carbocycles. The summed E-state index contributed by atoms with van der Waals surface area (Å²) >= 11 is 0. The lowest BCUT2D eigenvalue weighted by molar-refractivity contribution is 0.275. The normalized spacial score (nSPS) is 19.3. The molecule has 0 bridgehead atoms. The van der Waals surface area contributed by atoms with E-state index in [2.05, 4.69) is 27.1 Å². The highest BCUT2D eigenvalue weighted by molar-refractivity contribution is 5.50. The van der Waals surface area contributed by atoms with Crippen molar-refractivity contribution < 1.29 is 5.11 Å². The molecule has 100 valence electrons. The Hall–Kier alpha value is -1.36. The van der Waals surface area contributed by atoms with Gasteiger partial charge in [0, 0.05) is 31.8 Å². The second-order valence-electron chi connectivity index (χ2n) is 4.69. The standard InChI is InChI=1S/C13H22N4O/c1-3-14-12-9-13(16-10(2)15-12)17-7-4-5-11(17)6-8-18/h9,11,18H,3-8H2,1-2H3,(H,14,15,16). The summed E-state index contributed by atoms with van der Waals surface area (Å²) in [7, 11) is 0. The Morgan fingerprint density at radius 1 is 1.50 bits per heavy atom. The van der Waals surface area contributed by atoms with Crippen molar-refractivity contribution >= 4 is 11.6 Å². The number of rotatable bonds is 5. The minimum atomic E-state index is 0.241. The molecule has 5 heteroatoms. The molecule has 1 unspecified atom stereocenters. The van der Waals surface area contributed by atoms with E-state index in [1.54, 1.807) is 0 Å². The number of hydrogen-bond acceptors (Lipinski definition) is 5. The van der Waals surface area contributed by atoms with Crippen LogP contribution in [0, 0.1) is 6.92 Å². The van der Waals surface area contributed by atoms with Crippen molar-refractivity contribution in [3.63, 3.8) is 0 Å². The van der Waals surface area contributed by atoms with Crippen molar-refractivity contribution in [1.29, 1.82) is 0 Å². The molecular weight excluding hydrogens is 228 g/mol. The smallest absolute Gasteiger partial charge is 0.134 e. The Morgan fingerprint density at radius 2 is 2.33 bits per heavy atom. The lowest BCUT2D eigenvalue weighted by atomic mass is 10.1. The summed E-state index contributed by atoms with van der Waals surface area (Å²) in [4.78, 5) is 11.2. The summed E-state index contributed by atoms with van der Waals surface area (Å²) in [6.45, 7) is 6.09. The summed E-state index contributed by atoms with van der Waals surface area (Å²) in [5.74, 6) is 2.65. The van der Waals surface area contributed by atoms with Gasteiger partial charge in [-0.05, 0) is 33.1 Å². The maximum Gasteiger partial charge on any atom is 0.134 e. The van der Waals surface area contributed by atoms with Gasteiger partial charge in [-0.3, -0.25) is 0 Å². The van der Waals surface area contributed by atoms with Crippen LogP contribution in [0.2, 0.25) is 0 Å². The molecule has 0 amide bonds. The van der Waals surface area contributed by atoms with Crippen LogP contribution in [0.15, 0.2) is 6.07 Å². The summed E-state index contributed by atoms with van der Waals surface area (Å²) < 4.78 is 0. The van der Waals surface area contributed by atoms with E-state index in [0.717, 1.165) is 43.4 Å². The molecule has 1 saturated heterocycles. The van der Waals surface area contributed by atoms with Crippen LogP contribution in [-0.2, 0) is 0 Å². The fourth-order valence-corrected chi connectivity index (χ4v) is 2.56. The van der Waals surface area contributed by atoms with Gasteiger partial charge in [0.2, 0.25) is 0 Å². The third-order valence-corrected chi connectivity index (χ3v) is 3.32. The number of nitrogens with one attached hydrogen (secondary N) is 1. The van der Waals surface area contributed by atoms with Crippen molar-refractivity contribution in [3.8, 4) is 0 Å². The van der Waals surface area contributed by atoms with Crippen molar-refractivity contribution in [2.75, 3.05) is 29.9 Å². The van der Waals surface area contributed by atoms with Gasteiger partial charge in [0.15, 0.2) is 0 Å². The average molecular weight is 250 g/mol. The molecule has 18 heavy (non-hydrogen) atoms. The summed E-state index contributed by atoms with van der Waals surface area (Å²) in [6, 6.07) is 2.42. The van der Waals surface area contributed by atoms with Gasteiger partial charge in [0.25, 0.3) is 0 Å². The minimum absolute atomic E-state index is 0.241. The molecular formula is C13H22N4O. The third-order valence-electron chi connectivity index (χ3n) is 3.32. The van der Waals surface area contributed by atoms with E-state index in [1.165, 1.54) is 6.42 Å². The van der Waals surface area contributed by atoms with Crippen molar-refractivity contribution in [2.45, 2.75) is 39.2 Å². The van der Waals surface area contributed by atoms with Crippen molar-refractivity contribution in [3.05, 3.63) is 11.9 Å². The van der Waals surface area contributed by atoms with Crippen LogP contribution in [0.4, 0.5) is 11.6 Å². The topological polar surface area (TPSA) is 61.3 Å². The maximum absolute atomic E-state index is 9.11. The van der Waals surface area contributed by atoms with Crippen LogP contribution >= 0.6 is 0 Å². The Labute approximate surface area is 108 Å². The monoisotopic (exact) mass is 250 g/mol. The predicted octanol–water partition coefficient (Wildman–Crippen LogP) is 1.57. The molecule has 1 fully saturated rings. The van der Waals surface area contributed by atoms with Crippen LogP contribution in [0.25, 0.3) is 0 Å². The highest BCUT2D eigenvalue weighted by atomic mass is 16.3. The molecule has 1 aliphatic rings. The SMILES string of the molecule is CCNc1cc(N2CCCC2CCO)nc(C)n1. The second-order valence-corrected chi connectivity index (χ2v) is 4.69. The number of aliphatic hydroxyl groups is 1. The van der Waals surface area contributed by atoms with Gasteiger partial charge < -0.3 is 15.3 Å². The van der Waals surface area contributed by atoms with E-state index < -0.39 is 0 Å². The first-order chi connectivity index (χ1) is 8.74. The zero-order valence-corrected chi connectivity index (χ0v) is 11.2. The van der Waals surface area contributed by atoms with Gasteiger partial charge in [-0.15, -0.1) is 0 Å². The molecule has 0 radical (unpaired) electrons. The van der Waals surface area contributed by atoms with Crippen LogP contribution in [0.3, 0.4) is 0 Å². The van der Waals surface area contributed by atoms with Gasteiger partial charge in [-0.1, -0.05) is 0 Å². The Kier molecular flexibility index (Phi) is 4.36. The molecule has 2 rings (SSSR count). The first-order valence-corrected chi connectivity index (χ1v) is 6.71. The van der Waals surface area contributed by atoms with Crippen LogP contribution in [-0.4, -0.2) is 40.8 Å². The van der Waals surface area contributed by atoms with Crippen molar-refractivity contribution in [1.82, 2.24) is 9.97 Å². The lowest BCUT2D eigenvalue weighted by Gasteiger charge is -2.25. The van der Waals surface area contributed by atoms with E-state index >= 15 is 0 Å². The molecule has 5 nitrogen and oxygen atoms in total. The molecule has 2 N–H and O–H groups in total. The van der Waals surface area contributed by atoms with Gasteiger partial charge in [0.05, 0.1) is 0 Å². The average Bonchev–Trinajstić information content (AvgIpc) is 2.77. The number of nitrogens with zero attached hydrogens (tertiary/aromatic N) is 3. The fraction of sp³-hybridized carbons (Fsp3) is 0.692. The summed E-state index contributed by atoms with van der Waals surface area (Å²) in [5.41, 5.74) is 0. The molecule has 0 spiro atoms. The summed E-state index contributed by atoms with van der Waals surface area (Å²) in [5, 5.41) is 12.3. The lowest BCUT2D eigenvalue weighted by Crippen LogP contribution is -2.31. The van der Waals surface area contributed by atoms with E-state index in [-0.39, 0.29) is 6.61 Å². The van der Waals surface area contributed by atoms with Crippen molar-refractivity contribution in [2.24, 2.45) is 0 Å². The van der Waals surface area contributed by atoms with E-state index in [9.17, 15) is 0 Å². The first kappa shape index (κ1) is 13.1. The number of aromatic nitrogens is 2. The van der Waals surface area contributed by atoms with Crippen LogP contribution in [0.1, 0.15) is 32.0 Å². The number of anilines is 2. The second kappa shape index (κ2) is 6.00.